The summed E-state index contributed by atoms with van der Waals surface area (Å²) in [7, 11) is 0. The van der Waals surface area contributed by atoms with Gasteiger partial charge in [-0.05, 0) is 52.0 Å². The van der Waals surface area contributed by atoms with Crippen LogP contribution in [0.25, 0.3) is 0 Å². The zero-order valence-corrected chi connectivity index (χ0v) is 14.8. The minimum atomic E-state index is -0.412. The molecule has 0 heterocycles. The van der Waals surface area contributed by atoms with Gasteiger partial charge in [0.25, 0.3) is 0 Å². The van der Waals surface area contributed by atoms with Gasteiger partial charge in [0.15, 0.2) is 0 Å². The molecule has 0 saturated carbocycles. The quantitative estimate of drug-likeness (QED) is 0.562. The van der Waals surface area contributed by atoms with Gasteiger partial charge in [0, 0.05) is 17.2 Å². The van der Waals surface area contributed by atoms with E-state index in [2.05, 4.69) is 15.9 Å². The number of alkyl halides is 2. The first-order chi connectivity index (χ1) is 10.0. The molecule has 4 heteroatoms. The molecule has 112 valence electrons. The van der Waals surface area contributed by atoms with Crippen molar-refractivity contribution in [1.29, 1.82) is 0 Å². The van der Waals surface area contributed by atoms with Crippen LogP contribution in [0.1, 0.15) is 16.7 Å². The highest BCUT2D eigenvalue weighted by molar-refractivity contribution is 9.10. The maximum Gasteiger partial charge on any atom is 0.137 e. The topological polar surface area (TPSA) is 0 Å². The highest BCUT2D eigenvalue weighted by Crippen LogP contribution is 2.36. The molecule has 0 nitrogen and oxygen atoms in total. The molecule has 0 fully saturated rings. The van der Waals surface area contributed by atoms with Gasteiger partial charge in [-0.1, -0.05) is 36.4 Å². The molecule has 0 atom stereocenters. The monoisotopic (exact) mass is 388 g/mol. The molecular formula is C17H16BrCl2F. The summed E-state index contributed by atoms with van der Waals surface area (Å²) in [5.74, 6) is 0.490. The lowest BCUT2D eigenvalue weighted by Crippen LogP contribution is -2.34. The van der Waals surface area contributed by atoms with Crippen LogP contribution in [0.3, 0.4) is 0 Å². The van der Waals surface area contributed by atoms with Crippen LogP contribution in [-0.4, -0.2) is 11.8 Å². The fourth-order valence-electron chi connectivity index (χ4n) is 2.59. The van der Waals surface area contributed by atoms with E-state index < -0.39 is 5.41 Å². The van der Waals surface area contributed by atoms with Gasteiger partial charge in [0.1, 0.15) is 5.82 Å². The molecule has 0 aliphatic carbocycles. The summed E-state index contributed by atoms with van der Waals surface area (Å²) in [6, 6.07) is 13.1. The predicted octanol–water partition coefficient (Wildman–Crippen LogP) is 5.85. The van der Waals surface area contributed by atoms with E-state index >= 15 is 0 Å². The van der Waals surface area contributed by atoms with Crippen molar-refractivity contribution in [3.05, 3.63) is 69.4 Å². The number of aryl methyl sites for hydroxylation is 1. The number of rotatable bonds is 5. The van der Waals surface area contributed by atoms with Crippen LogP contribution in [0.4, 0.5) is 4.39 Å². The van der Waals surface area contributed by atoms with Crippen molar-refractivity contribution in [3.8, 4) is 0 Å². The molecule has 0 saturated heterocycles. The molecule has 21 heavy (non-hydrogen) atoms. The number of benzene rings is 2. The van der Waals surface area contributed by atoms with Gasteiger partial charge in [-0.3, -0.25) is 0 Å². The molecule has 2 rings (SSSR count). The van der Waals surface area contributed by atoms with Gasteiger partial charge in [0.05, 0.1) is 4.47 Å². The van der Waals surface area contributed by atoms with E-state index in [9.17, 15) is 4.39 Å². The van der Waals surface area contributed by atoms with Gasteiger partial charge >= 0.3 is 0 Å². The maximum absolute atomic E-state index is 13.7. The van der Waals surface area contributed by atoms with Crippen LogP contribution in [-0.2, 0) is 11.8 Å². The van der Waals surface area contributed by atoms with Crippen LogP contribution >= 0.6 is 39.1 Å². The number of hydrogen-bond donors (Lipinski definition) is 0. The van der Waals surface area contributed by atoms with Crippen LogP contribution in [0.15, 0.2) is 46.9 Å². The number of hydrogen-bond acceptors (Lipinski definition) is 0. The Morgan fingerprint density at radius 1 is 1.05 bits per heavy atom. The molecule has 0 aromatic heterocycles. The Labute approximate surface area is 143 Å². The van der Waals surface area contributed by atoms with E-state index in [1.165, 1.54) is 6.07 Å². The van der Waals surface area contributed by atoms with Crippen molar-refractivity contribution >= 4 is 39.1 Å². The van der Waals surface area contributed by atoms with Crippen molar-refractivity contribution in [3.63, 3.8) is 0 Å². The van der Waals surface area contributed by atoms with E-state index in [0.29, 0.717) is 22.7 Å². The zero-order valence-electron chi connectivity index (χ0n) is 11.7. The third-order valence-electron chi connectivity index (χ3n) is 3.79. The van der Waals surface area contributed by atoms with Gasteiger partial charge in [0.2, 0.25) is 0 Å². The number of halogens is 4. The van der Waals surface area contributed by atoms with E-state index in [4.69, 9.17) is 23.2 Å². The summed E-state index contributed by atoms with van der Waals surface area (Å²) in [4.78, 5) is 0. The third-order valence-corrected chi connectivity index (χ3v) is 5.70. The molecule has 0 radical (unpaired) electrons. The maximum atomic E-state index is 13.7. The van der Waals surface area contributed by atoms with E-state index in [0.717, 1.165) is 16.7 Å². The summed E-state index contributed by atoms with van der Waals surface area (Å²) in [6.07, 6.45) is 0.587. The minimum Gasteiger partial charge on any atom is -0.206 e. The first-order valence-electron chi connectivity index (χ1n) is 6.65. The largest absolute Gasteiger partial charge is 0.206 e. The second kappa shape index (κ2) is 7.13. The van der Waals surface area contributed by atoms with Crippen LogP contribution in [0.5, 0.6) is 0 Å². The summed E-state index contributed by atoms with van der Waals surface area (Å²) in [5.41, 5.74) is 2.72. The second-order valence-corrected chi connectivity index (χ2v) is 6.58. The van der Waals surface area contributed by atoms with Crippen LogP contribution < -0.4 is 0 Å². The molecule has 2 aromatic rings. The molecule has 0 N–H and O–H groups in total. The fourth-order valence-corrected chi connectivity index (χ4v) is 3.75. The minimum absolute atomic E-state index is 0.268. The van der Waals surface area contributed by atoms with Crippen molar-refractivity contribution in [1.82, 2.24) is 0 Å². The predicted molar refractivity (Wildman–Crippen MR) is 92.1 cm³/mol. The molecule has 0 spiro atoms. The summed E-state index contributed by atoms with van der Waals surface area (Å²) in [6.45, 7) is 2.05. The van der Waals surface area contributed by atoms with Crippen LogP contribution in [0.2, 0.25) is 0 Å². The average Bonchev–Trinajstić information content (AvgIpc) is 2.50. The third kappa shape index (κ3) is 3.44. The average molecular weight is 390 g/mol. The highest BCUT2D eigenvalue weighted by atomic mass is 79.9. The standard InChI is InChI=1S/C17H16BrCl2F/c1-12-5-2-3-7-14(12)17(10-19,11-20)9-13-6-4-8-15(21)16(13)18/h2-8H,9-11H2,1H3. The Hall–Kier alpha value is -0.570. The van der Waals surface area contributed by atoms with E-state index in [-0.39, 0.29) is 5.82 Å². The Kier molecular flexibility index (Phi) is 5.70. The summed E-state index contributed by atoms with van der Waals surface area (Å²) < 4.78 is 14.2. The molecule has 0 bridgehead atoms. The van der Waals surface area contributed by atoms with Gasteiger partial charge in [-0.2, -0.15) is 0 Å². The molecule has 0 unspecified atom stereocenters. The van der Waals surface area contributed by atoms with Gasteiger partial charge < -0.3 is 0 Å². The zero-order chi connectivity index (χ0) is 15.5. The SMILES string of the molecule is Cc1ccccc1C(CCl)(CCl)Cc1cccc(F)c1Br. The van der Waals surface area contributed by atoms with E-state index in [1.54, 1.807) is 6.07 Å². The van der Waals surface area contributed by atoms with Gasteiger partial charge in [-0.15, -0.1) is 23.2 Å². The Morgan fingerprint density at radius 2 is 1.71 bits per heavy atom. The van der Waals surface area contributed by atoms with Crippen molar-refractivity contribution in [2.75, 3.05) is 11.8 Å². The first kappa shape index (κ1) is 16.8. The van der Waals surface area contributed by atoms with E-state index in [1.807, 2.05) is 37.3 Å². The lowest BCUT2D eigenvalue weighted by Gasteiger charge is -2.32. The van der Waals surface area contributed by atoms with Gasteiger partial charge in [-0.25, -0.2) is 4.39 Å². The van der Waals surface area contributed by atoms with Crippen LogP contribution in [0, 0.1) is 12.7 Å². The first-order valence-corrected chi connectivity index (χ1v) is 8.51. The lowest BCUT2D eigenvalue weighted by molar-refractivity contribution is 0.527. The fraction of sp³-hybridized carbons (Fsp3) is 0.294. The second-order valence-electron chi connectivity index (χ2n) is 5.25. The van der Waals surface area contributed by atoms with Crippen molar-refractivity contribution in [2.24, 2.45) is 0 Å². The Balaban J connectivity index is 2.49. The normalized spacial score (nSPS) is 11.7. The Bertz CT molecular complexity index is 624. The van der Waals surface area contributed by atoms with Crippen molar-refractivity contribution < 1.29 is 4.39 Å². The molecule has 0 aliphatic heterocycles. The molecular weight excluding hydrogens is 374 g/mol. The highest BCUT2D eigenvalue weighted by Gasteiger charge is 2.33. The molecule has 2 aromatic carbocycles. The summed E-state index contributed by atoms with van der Waals surface area (Å²) >= 11 is 15.9. The summed E-state index contributed by atoms with van der Waals surface area (Å²) in [5, 5.41) is 0. The van der Waals surface area contributed by atoms with Crippen molar-refractivity contribution in [2.45, 2.75) is 18.8 Å². The Morgan fingerprint density at radius 3 is 2.33 bits per heavy atom. The smallest absolute Gasteiger partial charge is 0.137 e. The molecule has 0 amide bonds. The lowest BCUT2D eigenvalue weighted by atomic mass is 9.77. The molecule has 0 aliphatic rings.